The Kier molecular flexibility index (Phi) is 5.80. The van der Waals surface area contributed by atoms with Gasteiger partial charge in [-0.2, -0.15) is 0 Å². The zero-order valence-electron chi connectivity index (χ0n) is 15.7. The van der Waals surface area contributed by atoms with Gasteiger partial charge in [0.25, 0.3) is 5.91 Å². The number of carbonyl (C=O) groups is 2. The number of rotatable bonds is 5. The Balaban J connectivity index is 1.82. The molecule has 0 aliphatic heterocycles. The molecule has 1 amide bonds. The van der Waals surface area contributed by atoms with Crippen LogP contribution in [0, 0.1) is 13.8 Å². The molecule has 0 atom stereocenters. The monoisotopic (exact) mass is 398 g/mol. The summed E-state index contributed by atoms with van der Waals surface area (Å²) >= 11 is 6.06. The minimum atomic E-state index is -0.596. The molecule has 0 spiro atoms. The van der Waals surface area contributed by atoms with E-state index in [4.69, 9.17) is 21.1 Å². The topological polar surface area (TPSA) is 77.5 Å². The van der Waals surface area contributed by atoms with Crippen LogP contribution < -0.4 is 10.1 Å². The molecule has 1 N–H and O–H groups in total. The summed E-state index contributed by atoms with van der Waals surface area (Å²) in [6.45, 7) is 3.74. The second-order valence-corrected chi connectivity index (χ2v) is 6.73. The van der Waals surface area contributed by atoms with Crippen molar-refractivity contribution >= 4 is 40.1 Å². The second kappa shape index (κ2) is 8.27. The van der Waals surface area contributed by atoms with E-state index in [2.05, 4.69) is 10.3 Å². The SMILES string of the molecule is COC(=O)c1cc(OCC(=O)Nc2ccc(C)c(C)c2)c2cc(Cl)ccc2n1. The molecule has 0 radical (unpaired) electrons. The molecule has 0 unspecified atom stereocenters. The fraction of sp³-hybridized carbons (Fsp3) is 0.190. The standard InChI is InChI=1S/C21H19ClN2O4/c1-12-4-6-15(8-13(12)2)23-20(25)11-28-19-10-18(21(26)27-3)24-17-7-5-14(22)9-16(17)19/h4-10H,11H2,1-3H3,(H,23,25). The van der Waals surface area contributed by atoms with Crippen molar-refractivity contribution in [1.82, 2.24) is 4.98 Å². The third kappa shape index (κ3) is 4.40. The highest BCUT2D eigenvalue weighted by Gasteiger charge is 2.15. The molecule has 1 aromatic heterocycles. The normalized spacial score (nSPS) is 10.6. The maximum Gasteiger partial charge on any atom is 0.356 e. The number of hydrogen-bond acceptors (Lipinski definition) is 5. The first kappa shape index (κ1) is 19.6. The molecule has 144 valence electrons. The van der Waals surface area contributed by atoms with Crippen LogP contribution in [0.5, 0.6) is 5.75 Å². The van der Waals surface area contributed by atoms with Gasteiger partial charge in [0.2, 0.25) is 0 Å². The number of anilines is 1. The molecule has 7 heteroatoms. The molecular formula is C21H19ClN2O4. The number of nitrogens with zero attached hydrogens (tertiary/aromatic N) is 1. The van der Waals surface area contributed by atoms with Crippen LogP contribution in [0.15, 0.2) is 42.5 Å². The van der Waals surface area contributed by atoms with Crippen molar-refractivity contribution < 1.29 is 19.1 Å². The van der Waals surface area contributed by atoms with Crippen molar-refractivity contribution in [2.24, 2.45) is 0 Å². The first-order chi connectivity index (χ1) is 13.4. The predicted octanol–water partition coefficient (Wildman–Crippen LogP) is 4.31. The van der Waals surface area contributed by atoms with E-state index in [0.29, 0.717) is 27.4 Å². The molecule has 28 heavy (non-hydrogen) atoms. The number of halogens is 1. The molecule has 2 aromatic carbocycles. The molecular weight excluding hydrogens is 380 g/mol. The van der Waals surface area contributed by atoms with E-state index in [1.54, 1.807) is 18.2 Å². The number of fused-ring (bicyclic) bond motifs is 1. The van der Waals surface area contributed by atoms with Gasteiger partial charge in [0, 0.05) is 22.2 Å². The summed E-state index contributed by atoms with van der Waals surface area (Å²) in [5, 5.41) is 3.88. The molecule has 0 bridgehead atoms. The number of pyridine rings is 1. The fourth-order valence-corrected chi connectivity index (χ4v) is 2.83. The molecule has 0 fully saturated rings. The van der Waals surface area contributed by atoms with Gasteiger partial charge < -0.3 is 14.8 Å². The number of carbonyl (C=O) groups excluding carboxylic acids is 2. The van der Waals surface area contributed by atoms with Gasteiger partial charge in [-0.1, -0.05) is 17.7 Å². The van der Waals surface area contributed by atoms with Crippen LogP contribution in [-0.2, 0) is 9.53 Å². The highest BCUT2D eigenvalue weighted by molar-refractivity contribution is 6.31. The second-order valence-electron chi connectivity index (χ2n) is 6.29. The molecule has 0 aliphatic carbocycles. The van der Waals surface area contributed by atoms with Gasteiger partial charge in [-0.15, -0.1) is 0 Å². The highest BCUT2D eigenvalue weighted by Crippen LogP contribution is 2.28. The van der Waals surface area contributed by atoms with E-state index in [-0.39, 0.29) is 18.2 Å². The lowest BCUT2D eigenvalue weighted by molar-refractivity contribution is -0.118. The minimum absolute atomic E-state index is 0.0851. The third-order valence-electron chi connectivity index (χ3n) is 4.28. The number of benzene rings is 2. The quantitative estimate of drug-likeness (QED) is 0.648. The minimum Gasteiger partial charge on any atom is -0.483 e. The maximum absolute atomic E-state index is 12.3. The summed E-state index contributed by atoms with van der Waals surface area (Å²) in [6, 6.07) is 12.1. The Morgan fingerprint density at radius 3 is 2.57 bits per heavy atom. The van der Waals surface area contributed by atoms with Crippen molar-refractivity contribution in [3.63, 3.8) is 0 Å². The number of methoxy groups -OCH3 is 1. The van der Waals surface area contributed by atoms with Crippen molar-refractivity contribution in [1.29, 1.82) is 0 Å². The van der Waals surface area contributed by atoms with Gasteiger partial charge in [-0.3, -0.25) is 4.79 Å². The number of aromatic nitrogens is 1. The van der Waals surface area contributed by atoms with Crippen LogP contribution in [0.25, 0.3) is 10.9 Å². The van der Waals surface area contributed by atoms with Gasteiger partial charge in [-0.25, -0.2) is 9.78 Å². The van der Waals surface area contributed by atoms with Crippen LogP contribution in [0.3, 0.4) is 0 Å². The van der Waals surface area contributed by atoms with E-state index in [1.807, 2.05) is 32.0 Å². The number of ether oxygens (including phenoxy) is 2. The maximum atomic E-state index is 12.3. The zero-order chi connectivity index (χ0) is 20.3. The summed E-state index contributed by atoms with van der Waals surface area (Å²) in [5.41, 5.74) is 3.51. The van der Waals surface area contributed by atoms with E-state index in [9.17, 15) is 9.59 Å². The van der Waals surface area contributed by atoms with Crippen molar-refractivity contribution in [2.75, 3.05) is 19.0 Å². The molecule has 0 saturated carbocycles. The molecule has 3 aromatic rings. The van der Waals surface area contributed by atoms with E-state index >= 15 is 0 Å². The van der Waals surface area contributed by atoms with Gasteiger partial charge in [0.05, 0.1) is 12.6 Å². The van der Waals surface area contributed by atoms with Gasteiger partial charge >= 0.3 is 5.97 Å². The van der Waals surface area contributed by atoms with Crippen molar-refractivity contribution in [3.8, 4) is 5.75 Å². The molecule has 6 nitrogen and oxygen atoms in total. The largest absolute Gasteiger partial charge is 0.483 e. The Bertz CT molecular complexity index is 1070. The fourth-order valence-electron chi connectivity index (χ4n) is 2.66. The number of amides is 1. The summed E-state index contributed by atoms with van der Waals surface area (Å²) in [5.74, 6) is -0.598. The zero-order valence-corrected chi connectivity index (χ0v) is 16.5. The van der Waals surface area contributed by atoms with Crippen molar-refractivity contribution in [2.45, 2.75) is 13.8 Å². The Labute approximate surface area is 167 Å². The van der Waals surface area contributed by atoms with Crippen LogP contribution in [-0.4, -0.2) is 30.6 Å². The summed E-state index contributed by atoms with van der Waals surface area (Å²) in [7, 11) is 1.27. The number of aryl methyl sites for hydroxylation is 2. The Hall–Kier alpha value is -3.12. The van der Waals surface area contributed by atoms with Crippen LogP contribution in [0.2, 0.25) is 5.02 Å². The first-order valence-electron chi connectivity index (χ1n) is 8.56. The molecule has 0 aliphatic rings. The lowest BCUT2D eigenvalue weighted by Gasteiger charge is -2.12. The summed E-state index contributed by atoms with van der Waals surface area (Å²) in [4.78, 5) is 28.4. The number of nitrogens with one attached hydrogen (secondary N) is 1. The van der Waals surface area contributed by atoms with E-state index in [0.717, 1.165) is 11.1 Å². The molecule has 1 heterocycles. The Morgan fingerprint density at radius 1 is 1.07 bits per heavy atom. The van der Waals surface area contributed by atoms with Gasteiger partial charge in [0.1, 0.15) is 5.75 Å². The number of hydrogen-bond donors (Lipinski definition) is 1. The van der Waals surface area contributed by atoms with Crippen molar-refractivity contribution in [3.05, 3.63) is 64.3 Å². The average molecular weight is 399 g/mol. The first-order valence-corrected chi connectivity index (χ1v) is 8.93. The lowest BCUT2D eigenvalue weighted by atomic mass is 10.1. The number of esters is 1. The van der Waals surface area contributed by atoms with Crippen LogP contribution >= 0.6 is 11.6 Å². The van der Waals surface area contributed by atoms with Crippen LogP contribution in [0.4, 0.5) is 5.69 Å². The van der Waals surface area contributed by atoms with E-state index in [1.165, 1.54) is 13.2 Å². The summed E-state index contributed by atoms with van der Waals surface area (Å²) < 4.78 is 10.4. The molecule has 0 saturated heterocycles. The smallest absolute Gasteiger partial charge is 0.356 e. The lowest BCUT2D eigenvalue weighted by Crippen LogP contribution is -2.20. The van der Waals surface area contributed by atoms with Gasteiger partial charge in [0.15, 0.2) is 12.3 Å². The highest BCUT2D eigenvalue weighted by atomic mass is 35.5. The van der Waals surface area contributed by atoms with Crippen LogP contribution in [0.1, 0.15) is 21.6 Å². The third-order valence-corrected chi connectivity index (χ3v) is 4.51. The average Bonchev–Trinajstić information content (AvgIpc) is 2.68. The Morgan fingerprint density at radius 2 is 1.86 bits per heavy atom. The molecule has 3 rings (SSSR count). The summed E-state index contributed by atoms with van der Waals surface area (Å²) in [6.07, 6.45) is 0. The van der Waals surface area contributed by atoms with E-state index < -0.39 is 5.97 Å². The predicted molar refractivity (Wildman–Crippen MR) is 108 cm³/mol. The van der Waals surface area contributed by atoms with Gasteiger partial charge in [-0.05, 0) is 55.3 Å².